The van der Waals surface area contributed by atoms with Crippen LogP contribution in [-0.4, -0.2) is 31.6 Å². The Morgan fingerprint density at radius 1 is 1.22 bits per heavy atom. The van der Waals surface area contributed by atoms with Crippen molar-refractivity contribution in [3.05, 3.63) is 48.0 Å². The van der Waals surface area contributed by atoms with Crippen LogP contribution in [0.5, 0.6) is 0 Å². The van der Waals surface area contributed by atoms with Gasteiger partial charge in [-0.3, -0.25) is 0 Å². The Balaban J connectivity index is 2.29. The first kappa shape index (κ1) is 17.9. The molecular weight excluding hydrogens is 308 g/mol. The summed E-state index contributed by atoms with van der Waals surface area (Å²) >= 11 is 0. The predicted molar refractivity (Wildman–Crippen MR) is 92.5 cm³/mol. The van der Waals surface area contributed by atoms with Crippen LogP contribution in [0.4, 0.5) is 0 Å². The minimum atomic E-state index is -2.14. The standard InChI is InChI=1S/C18H26O4Si/c1-18(2,3)23(4,5)22-17(14-11-12-15(19)21-14)16(20)13-9-7-6-8-10-13/h6-12,14,16-17,20H,1-5H3/t14-,16-,17+/m1/s1. The molecule has 4 nitrogen and oxygen atoms in total. The number of rotatable bonds is 5. The second-order valence-corrected chi connectivity index (χ2v) is 12.2. The van der Waals surface area contributed by atoms with Gasteiger partial charge < -0.3 is 14.3 Å². The molecule has 0 unspecified atom stereocenters. The Hall–Kier alpha value is -1.43. The average molecular weight is 334 g/mol. The fraction of sp³-hybridized carbons (Fsp3) is 0.500. The van der Waals surface area contributed by atoms with Crippen LogP contribution in [0, 0.1) is 0 Å². The fourth-order valence-electron chi connectivity index (χ4n) is 2.23. The number of esters is 1. The van der Waals surface area contributed by atoms with Crippen molar-refractivity contribution in [1.29, 1.82) is 0 Å². The Morgan fingerprint density at radius 3 is 2.30 bits per heavy atom. The van der Waals surface area contributed by atoms with Gasteiger partial charge in [0.25, 0.3) is 0 Å². The van der Waals surface area contributed by atoms with Crippen molar-refractivity contribution in [2.24, 2.45) is 0 Å². The van der Waals surface area contributed by atoms with Gasteiger partial charge in [0.05, 0.1) is 0 Å². The zero-order chi connectivity index (χ0) is 17.3. The Labute approximate surface area is 139 Å². The third-order valence-electron chi connectivity index (χ3n) is 4.69. The maximum absolute atomic E-state index is 11.4. The highest BCUT2D eigenvalue weighted by atomic mass is 28.4. The summed E-state index contributed by atoms with van der Waals surface area (Å²) in [6, 6.07) is 9.35. The molecule has 3 atom stereocenters. The normalized spacial score (nSPS) is 21.1. The van der Waals surface area contributed by atoms with Crippen molar-refractivity contribution in [2.75, 3.05) is 0 Å². The van der Waals surface area contributed by atoms with E-state index in [0.717, 1.165) is 5.56 Å². The molecule has 2 rings (SSSR count). The van der Waals surface area contributed by atoms with Crippen LogP contribution in [0.25, 0.3) is 0 Å². The molecule has 23 heavy (non-hydrogen) atoms. The number of benzene rings is 1. The highest BCUT2D eigenvalue weighted by Crippen LogP contribution is 2.40. The largest absolute Gasteiger partial charge is 0.452 e. The molecule has 0 saturated heterocycles. The van der Waals surface area contributed by atoms with E-state index in [1.54, 1.807) is 6.08 Å². The van der Waals surface area contributed by atoms with Crippen molar-refractivity contribution in [3.63, 3.8) is 0 Å². The summed E-state index contributed by atoms with van der Waals surface area (Å²) in [6.07, 6.45) is 1.04. The zero-order valence-corrected chi connectivity index (χ0v) is 15.4. The summed E-state index contributed by atoms with van der Waals surface area (Å²) in [5.74, 6) is -0.390. The van der Waals surface area contributed by atoms with Gasteiger partial charge in [0.15, 0.2) is 8.32 Å². The summed E-state index contributed by atoms with van der Waals surface area (Å²) in [5.41, 5.74) is 0.757. The number of carbonyl (C=O) groups excluding carboxylic acids is 1. The number of cyclic esters (lactones) is 1. The van der Waals surface area contributed by atoms with Crippen molar-refractivity contribution in [2.45, 2.75) is 57.2 Å². The van der Waals surface area contributed by atoms with E-state index >= 15 is 0 Å². The predicted octanol–water partition coefficient (Wildman–Crippen LogP) is 3.59. The van der Waals surface area contributed by atoms with Crippen molar-refractivity contribution < 1.29 is 19.1 Å². The molecule has 0 radical (unpaired) electrons. The molecule has 5 heteroatoms. The highest BCUT2D eigenvalue weighted by Gasteiger charge is 2.44. The second-order valence-electron chi connectivity index (χ2n) is 7.46. The lowest BCUT2D eigenvalue weighted by Gasteiger charge is -2.41. The van der Waals surface area contributed by atoms with Crippen molar-refractivity contribution in [1.82, 2.24) is 0 Å². The topological polar surface area (TPSA) is 55.8 Å². The Kier molecular flexibility index (Phi) is 5.13. The molecule has 1 aromatic carbocycles. The van der Waals surface area contributed by atoms with Gasteiger partial charge in [-0.1, -0.05) is 51.1 Å². The van der Waals surface area contributed by atoms with E-state index in [1.807, 2.05) is 30.3 Å². The van der Waals surface area contributed by atoms with Crippen molar-refractivity contribution >= 4 is 14.3 Å². The maximum atomic E-state index is 11.4. The molecule has 1 aromatic rings. The van der Waals surface area contributed by atoms with Crippen LogP contribution < -0.4 is 0 Å². The smallest absolute Gasteiger partial charge is 0.331 e. The van der Waals surface area contributed by atoms with Crippen LogP contribution in [0.2, 0.25) is 18.1 Å². The minimum Gasteiger partial charge on any atom is -0.452 e. The molecule has 1 N–H and O–H groups in total. The van der Waals surface area contributed by atoms with Gasteiger partial charge in [0.1, 0.15) is 18.3 Å². The lowest BCUT2D eigenvalue weighted by atomic mass is 10.0. The third-order valence-corrected chi connectivity index (χ3v) is 9.16. The van der Waals surface area contributed by atoms with E-state index in [-0.39, 0.29) is 11.0 Å². The molecule has 0 amide bonds. The first-order valence-electron chi connectivity index (χ1n) is 7.91. The molecule has 126 valence electrons. The van der Waals surface area contributed by atoms with E-state index in [4.69, 9.17) is 9.16 Å². The molecule has 1 aliphatic heterocycles. The van der Waals surface area contributed by atoms with Crippen LogP contribution in [0.1, 0.15) is 32.4 Å². The van der Waals surface area contributed by atoms with Crippen LogP contribution in [0.15, 0.2) is 42.5 Å². The number of hydrogen-bond acceptors (Lipinski definition) is 4. The molecule has 1 heterocycles. The molecular formula is C18H26O4Si. The molecule has 0 saturated carbocycles. The number of aliphatic hydroxyl groups is 1. The van der Waals surface area contributed by atoms with Gasteiger partial charge in [-0.2, -0.15) is 0 Å². The number of carbonyl (C=O) groups is 1. The van der Waals surface area contributed by atoms with Gasteiger partial charge >= 0.3 is 5.97 Å². The average Bonchev–Trinajstić information content (AvgIpc) is 2.90. The van der Waals surface area contributed by atoms with Gasteiger partial charge in [0, 0.05) is 6.08 Å². The van der Waals surface area contributed by atoms with Crippen LogP contribution in [-0.2, 0) is 14.0 Å². The van der Waals surface area contributed by atoms with Gasteiger partial charge in [-0.05, 0) is 29.8 Å². The Morgan fingerprint density at radius 2 is 1.83 bits per heavy atom. The Bertz CT molecular complexity index is 574. The first-order chi connectivity index (χ1) is 10.6. The van der Waals surface area contributed by atoms with Gasteiger partial charge in [-0.15, -0.1) is 0 Å². The SMILES string of the molecule is CC(C)(C)[Si](C)(C)O[C@H]([C@H](O)c1ccccc1)[C@H]1C=CC(=O)O1. The van der Waals surface area contributed by atoms with Crippen LogP contribution >= 0.6 is 0 Å². The molecule has 1 aliphatic rings. The van der Waals surface area contributed by atoms with E-state index in [1.165, 1.54) is 6.08 Å². The molecule has 0 bridgehead atoms. The zero-order valence-electron chi connectivity index (χ0n) is 14.4. The lowest BCUT2D eigenvalue weighted by Crippen LogP contribution is -2.49. The van der Waals surface area contributed by atoms with E-state index < -0.39 is 26.6 Å². The van der Waals surface area contributed by atoms with E-state index in [9.17, 15) is 9.90 Å². The van der Waals surface area contributed by atoms with E-state index in [2.05, 4.69) is 33.9 Å². The fourth-order valence-corrected chi connectivity index (χ4v) is 3.53. The van der Waals surface area contributed by atoms with E-state index in [0.29, 0.717) is 0 Å². The summed E-state index contributed by atoms with van der Waals surface area (Å²) in [4.78, 5) is 11.4. The molecule has 0 aliphatic carbocycles. The quantitative estimate of drug-likeness (QED) is 0.660. The first-order valence-corrected chi connectivity index (χ1v) is 10.8. The highest BCUT2D eigenvalue weighted by molar-refractivity contribution is 6.74. The summed E-state index contributed by atoms with van der Waals surface area (Å²) in [6.45, 7) is 10.7. The lowest BCUT2D eigenvalue weighted by molar-refractivity contribution is -0.145. The van der Waals surface area contributed by atoms with Gasteiger partial charge in [-0.25, -0.2) is 4.79 Å². The number of hydrogen-bond donors (Lipinski definition) is 1. The summed E-state index contributed by atoms with van der Waals surface area (Å²) in [7, 11) is -2.14. The third kappa shape index (κ3) is 4.10. The molecule has 0 spiro atoms. The molecule has 0 fully saturated rings. The van der Waals surface area contributed by atoms with Crippen molar-refractivity contribution in [3.8, 4) is 0 Å². The van der Waals surface area contributed by atoms with Gasteiger partial charge in [0.2, 0.25) is 0 Å². The van der Waals surface area contributed by atoms with Crippen LogP contribution in [0.3, 0.4) is 0 Å². The number of ether oxygens (including phenoxy) is 1. The minimum absolute atomic E-state index is 0.00597. The maximum Gasteiger partial charge on any atom is 0.331 e. The second kappa shape index (κ2) is 6.59. The number of aliphatic hydroxyl groups excluding tert-OH is 1. The summed E-state index contributed by atoms with van der Waals surface area (Å²) < 4.78 is 11.7. The molecule has 0 aromatic heterocycles. The summed E-state index contributed by atoms with van der Waals surface area (Å²) in [5, 5.41) is 10.8. The monoisotopic (exact) mass is 334 g/mol.